The molecule has 1 aliphatic rings. The summed E-state index contributed by atoms with van der Waals surface area (Å²) < 4.78 is 37.4. The highest BCUT2D eigenvalue weighted by Gasteiger charge is 2.34. The minimum absolute atomic E-state index is 0.564. The molecule has 0 bridgehead atoms. The summed E-state index contributed by atoms with van der Waals surface area (Å²) in [5, 5.41) is -0.752. The summed E-state index contributed by atoms with van der Waals surface area (Å²) in [5.74, 6) is 0.578. The lowest BCUT2D eigenvalue weighted by atomic mass is 9.95. The van der Waals surface area contributed by atoms with E-state index >= 15 is 0 Å². The van der Waals surface area contributed by atoms with Crippen molar-refractivity contribution < 1.29 is 13.2 Å². The van der Waals surface area contributed by atoms with Crippen LogP contribution in [0.15, 0.2) is 6.20 Å². The van der Waals surface area contributed by atoms with Crippen LogP contribution in [-0.2, 0) is 12.7 Å². The van der Waals surface area contributed by atoms with Crippen LogP contribution in [0, 0.1) is 5.92 Å². The number of hydrogen-bond donors (Lipinski definition) is 1. The quantitative estimate of drug-likeness (QED) is 0.928. The number of likely N-dealkylation sites (tertiary alicyclic amines) is 1. The minimum Gasteiger partial charge on any atom is -0.330 e. The van der Waals surface area contributed by atoms with Gasteiger partial charge in [0.15, 0.2) is 5.01 Å². The molecule has 108 valence electrons. The van der Waals surface area contributed by atoms with E-state index in [0.717, 1.165) is 37.3 Å². The van der Waals surface area contributed by atoms with Crippen LogP contribution in [0.5, 0.6) is 0 Å². The van der Waals surface area contributed by atoms with Gasteiger partial charge in [-0.2, -0.15) is 13.2 Å². The van der Waals surface area contributed by atoms with E-state index in [1.54, 1.807) is 0 Å². The molecule has 0 aromatic carbocycles. The molecule has 1 aliphatic heterocycles. The van der Waals surface area contributed by atoms with E-state index in [1.165, 1.54) is 12.6 Å². The fourth-order valence-electron chi connectivity index (χ4n) is 2.50. The molecule has 1 aromatic rings. The van der Waals surface area contributed by atoms with Crippen molar-refractivity contribution in [1.29, 1.82) is 0 Å². The summed E-state index contributed by atoms with van der Waals surface area (Å²) in [4.78, 5) is 6.34. The Morgan fingerprint density at radius 1 is 1.47 bits per heavy atom. The standard InChI is InChI=1S/C12H18F3N3S/c13-12(14,15)11-17-6-10(19-11)8-18-5-1-2-9(7-18)3-4-16/h6,9H,1-5,7-8,16H2. The molecule has 2 rings (SSSR count). The van der Waals surface area contributed by atoms with Crippen molar-refractivity contribution in [1.82, 2.24) is 9.88 Å². The zero-order valence-corrected chi connectivity index (χ0v) is 11.4. The lowest BCUT2D eigenvalue weighted by Gasteiger charge is -2.32. The summed E-state index contributed by atoms with van der Waals surface area (Å²) in [6, 6.07) is 0. The molecule has 0 spiro atoms. The van der Waals surface area contributed by atoms with Gasteiger partial charge in [0.05, 0.1) is 0 Å². The van der Waals surface area contributed by atoms with Crippen molar-refractivity contribution in [3.63, 3.8) is 0 Å². The van der Waals surface area contributed by atoms with Crippen molar-refractivity contribution in [3.05, 3.63) is 16.1 Å². The van der Waals surface area contributed by atoms with Crippen LogP contribution < -0.4 is 5.73 Å². The Bertz CT molecular complexity index is 403. The van der Waals surface area contributed by atoms with E-state index in [0.29, 0.717) is 23.9 Å². The predicted molar refractivity (Wildman–Crippen MR) is 68.8 cm³/mol. The molecule has 19 heavy (non-hydrogen) atoms. The van der Waals surface area contributed by atoms with Crippen LogP contribution >= 0.6 is 11.3 Å². The number of piperidine rings is 1. The molecule has 1 fully saturated rings. The largest absolute Gasteiger partial charge is 0.443 e. The number of rotatable bonds is 4. The first-order valence-electron chi connectivity index (χ1n) is 6.43. The highest BCUT2D eigenvalue weighted by molar-refractivity contribution is 7.11. The molecule has 2 N–H and O–H groups in total. The third-order valence-electron chi connectivity index (χ3n) is 3.35. The molecule has 1 aromatic heterocycles. The summed E-state index contributed by atoms with van der Waals surface area (Å²) in [6.45, 7) is 3.11. The molecule has 3 nitrogen and oxygen atoms in total. The number of nitrogens with zero attached hydrogens (tertiary/aromatic N) is 2. The van der Waals surface area contributed by atoms with Gasteiger partial charge < -0.3 is 5.73 Å². The maximum atomic E-state index is 12.5. The summed E-state index contributed by atoms with van der Waals surface area (Å²) in [6.07, 6.45) is 0.277. The maximum Gasteiger partial charge on any atom is 0.443 e. The number of thiazole rings is 1. The SMILES string of the molecule is NCCC1CCCN(Cc2cnc(C(F)(F)F)s2)C1. The Balaban J connectivity index is 1.92. The number of hydrogen-bond acceptors (Lipinski definition) is 4. The average Bonchev–Trinajstić information content (AvgIpc) is 2.78. The highest BCUT2D eigenvalue weighted by atomic mass is 32.1. The van der Waals surface area contributed by atoms with Crippen molar-refractivity contribution >= 4 is 11.3 Å². The average molecular weight is 293 g/mol. The van der Waals surface area contributed by atoms with Crippen molar-refractivity contribution in [2.45, 2.75) is 32.0 Å². The first-order valence-corrected chi connectivity index (χ1v) is 7.25. The highest BCUT2D eigenvalue weighted by Crippen LogP contribution is 2.33. The smallest absolute Gasteiger partial charge is 0.330 e. The molecule has 1 atom stereocenters. The second kappa shape index (κ2) is 6.19. The van der Waals surface area contributed by atoms with Gasteiger partial charge in [0, 0.05) is 24.2 Å². The number of halogens is 3. The fraction of sp³-hybridized carbons (Fsp3) is 0.750. The van der Waals surface area contributed by atoms with E-state index in [9.17, 15) is 13.2 Å². The monoisotopic (exact) mass is 293 g/mol. The van der Waals surface area contributed by atoms with Crippen LogP contribution in [0.1, 0.15) is 29.1 Å². The van der Waals surface area contributed by atoms with E-state index in [1.807, 2.05) is 0 Å². The van der Waals surface area contributed by atoms with Crippen LogP contribution in [-0.4, -0.2) is 29.5 Å². The van der Waals surface area contributed by atoms with Gasteiger partial charge in [-0.05, 0) is 38.3 Å². The topological polar surface area (TPSA) is 42.1 Å². The molecule has 7 heteroatoms. The van der Waals surface area contributed by atoms with Gasteiger partial charge >= 0.3 is 6.18 Å². The fourth-order valence-corrected chi connectivity index (χ4v) is 3.32. The number of aromatic nitrogens is 1. The van der Waals surface area contributed by atoms with Crippen molar-refractivity contribution in [3.8, 4) is 0 Å². The summed E-state index contributed by atoms with van der Waals surface area (Å²) in [7, 11) is 0. The number of alkyl halides is 3. The molecular weight excluding hydrogens is 275 g/mol. The molecule has 1 unspecified atom stereocenters. The summed E-state index contributed by atoms with van der Waals surface area (Å²) >= 11 is 0.746. The third-order valence-corrected chi connectivity index (χ3v) is 4.38. The van der Waals surface area contributed by atoms with Gasteiger partial charge in [0.1, 0.15) is 0 Å². The van der Waals surface area contributed by atoms with E-state index < -0.39 is 11.2 Å². The van der Waals surface area contributed by atoms with Gasteiger partial charge in [-0.15, -0.1) is 11.3 Å². The minimum atomic E-state index is -4.33. The normalized spacial score (nSPS) is 21.8. The summed E-state index contributed by atoms with van der Waals surface area (Å²) in [5.41, 5.74) is 5.56. The Hall–Kier alpha value is -0.660. The molecule has 1 saturated heterocycles. The van der Waals surface area contributed by atoms with Gasteiger partial charge in [0.2, 0.25) is 0 Å². The van der Waals surface area contributed by atoms with Gasteiger partial charge in [-0.3, -0.25) is 4.90 Å². The van der Waals surface area contributed by atoms with E-state index in [4.69, 9.17) is 5.73 Å². The Morgan fingerprint density at radius 2 is 2.26 bits per heavy atom. The molecule has 0 aliphatic carbocycles. The van der Waals surface area contributed by atoms with Crippen molar-refractivity contribution in [2.75, 3.05) is 19.6 Å². The van der Waals surface area contributed by atoms with Crippen molar-refractivity contribution in [2.24, 2.45) is 11.7 Å². The van der Waals surface area contributed by atoms with E-state index in [-0.39, 0.29) is 0 Å². The zero-order valence-electron chi connectivity index (χ0n) is 10.6. The van der Waals surface area contributed by atoms with Gasteiger partial charge in [0.25, 0.3) is 0 Å². The second-order valence-corrected chi connectivity index (χ2v) is 6.07. The molecule has 2 heterocycles. The van der Waals surface area contributed by atoms with Crippen LogP contribution in [0.2, 0.25) is 0 Å². The predicted octanol–water partition coefficient (Wildman–Crippen LogP) is 2.72. The Morgan fingerprint density at radius 3 is 2.89 bits per heavy atom. The maximum absolute atomic E-state index is 12.5. The number of nitrogens with two attached hydrogens (primary N) is 1. The first-order chi connectivity index (χ1) is 8.99. The Kier molecular flexibility index (Phi) is 4.81. The van der Waals surface area contributed by atoms with E-state index in [2.05, 4.69) is 9.88 Å². The lowest BCUT2D eigenvalue weighted by molar-refractivity contribution is -0.137. The van der Waals surface area contributed by atoms with Gasteiger partial charge in [-0.25, -0.2) is 4.98 Å². The van der Waals surface area contributed by atoms with Gasteiger partial charge in [-0.1, -0.05) is 0 Å². The lowest BCUT2D eigenvalue weighted by Crippen LogP contribution is -2.35. The zero-order chi connectivity index (χ0) is 13.9. The Labute approximate surface area is 114 Å². The molecular formula is C12H18F3N3S. The molecule has 0 radical (unpaired) electrons. The molecule has 0 saturated carbocycles. The van der Waals surface area contributed by atoms with Crippen LogP contribution in [0.4, 0.5) is 13.2 Å². The molecule has 0 amide bonds. The van der Waals surface area contributed by atoms with Crippen LogP contribution in [0.25, 0.3) is 0 Å². The van der Waals surface area contributed by atoms with Crippen LogP contribution in [0.3, 0.4) is 0 Å². The second-order valence-electron chi connectivity index (χ2n) is 4.95. The third kappa shape index (κ3) is 4.15. The first kappa shape index (κ1) is 14.7.